The van der Waals surface area contributed by atoms with Crippen LogP contribution in [0.25, 0.3) is 11.0 Å². The van der Waals surface area contributed by atoms with Crippen molar-refractivity contribution in [1.29, 1.82) is 5.41 Å². The molecule has 0 spiro atoms. The van der Waals surface area contributed by atoms with E-state index in [0.29, 0.717) is 11.0 Å². The van der Waals surface area contributed by atoms with Gasteiger partial charge in [-0.25, -0.2) is 0 Å². The molecule has 0 aliphatic rings. The van der Waals surface area contributed by atoms with E-state index < -0.39 is 10.5 Å². The lowest BCUT2D eigenvalue weighted by Crippen LogP contribution is -2.06. The molecule has 1 heterocycles. The number of hydrogen-bond donors (Lipinski definition) is 1. The molecule has 0 saturated heterocycles. The summed E-state index contributed by atoms with van der Waals surface area (Å²) >= 11 is 0. The van der Waals surface area contributed by atoms with Crippen molar-refractivity contribution in [3.8, 4) is 0 Å². The SMILES string of the molecule is N=c1oc2ccccc2cc1[N+](=O)[O-]. The molecule has 0 radical (unpaired) electrons. The molecule has 1 aromatic carbocycles. The molecule has 0 saturated carbocycles. The van der Waals surface area contributed by atoms with Crippen molar-refractivity contribution in [2.75, 3.05) is 0 Å². The summed E-state index contributed by atoms with van der Waals surface area (Å²) in [6, 6.07) is 8.20. The molecule has 1 N–H and O–H groups in total. The summed E-state index contributed by atoms with van der Waals surface area (Å²) in [5.74, 6) is 0. The van der Waals surface area contributed by atoms with Gasteiger partial charge in [0.25, 0.3) is 5.55 Å². The smallest absolute Gasteiger partial charge is 0.331 e. The van der Waals surface area contributed by atoms with Crippen molar-refractivity contribution in [2.24, 2.45) is 0 Å². The lowest BCUT2D eigenvalue weighted by molar-refractivity contribution is -0.387. The Morgan fingerprint density at radius 3 is 2.79 bits per heavy atom. The summed E-state index contributed by atoms with van der Waals surface area (Å²) in [4.78, 5) is 9.86. The van der Waals surface area contributed by atoms with Crippen LogP contribution in [0.2, 0.25) is 0 Å². The van der Waals surface area contributed by atoms with Gasteiger partial charge in [0, 0.05) is 11.5 Å². The van der Waals surface area contributed by atoms with Gasteiger partial charge in [0.1, 0.15) is 5.58 Å². The van der Waals surface area contributed by atoms with Crippen LogP contribution in [0.15, 0.2) is 34.7 Å². The molecule has 5 nitrogen and oxygen atoms in total. The lowest BCUT2D eigenvalue weighted by Gasteiger charge is -1.95. The zero-order valence-corrected chi connectivity index (χ0v) is 7.06. The van der Waals surface area contributed by atoms with E-state index in [4.69, 9.17) is 9.83 Å². The zero-order valence-electron chi connectivity index (χ0n) is 7.06. The molecule has 14 heavy (non-hydrogen) atoms. The molecule has 0 bridgehead atoms. The maximum Gasteiger partial charge on any atom is 0.331 e. The van der Waals surface area contributed by atoms with Gasteiger partial charge in [-0.3, -0.25) is 15.5 Å². The number of fused-ring (bicyclic) bond motifs is 1. The predicted molar refractivity (Wildman–Crippen MR) is 48.7 cm³/mol. The molecule has 0 unspecified atom stereocenters. The van der Waals surface area contributed by atoms with Crippen molar-refractivity contribution in [3.05, 3.63) is 46.0 Å². The third-order valence-electron chi connectivity index (χ3n) is 1.85. The summed E-state index contributed by atoms with van der Waals surface area (Å²) in [7, 11) is 0. The van der Waals surface area contributed by atoms with Crippen molar-refractivity contribution in [1.82, 2.24) is 0 Å². The molecular formula is C9H6N2O3. The monoisotopic (exact) mass is 190 g/mol. The van der Waals surface area contributed by atoms with E-state index in [2.05, 4.69) is 0 Å². The third-order valence-corrected chi connectivity index (χ3v) is 1.85. The van der Waals surface area contributed by atoms with Crippen molar-refractivity contribution >= 4 is 16.7 Å². The number of para-hydroxylation sites is 1. The Balaban J connectivity index is 2.84. The van der Waals surface area contributed by atoms with Crippen LogP contribution in [0.1, 0.15) is 0 Å². The van der Waals surface area contributed by atoms with Gasteiger partial charge in [-0.1, -0.05) is 18.2 Å². The highest BCUT2D eigenvalue weighted by Gasteiger charge is 2.11. The Hall–Kier alpha value is -2.17. The van der Waals surface area contributed by atoms with Crippen molar-refractivity contribution in [3.63, 3.8) is 0 Å². The van der Waals surface area contributed by atoms with E-state index >= 15 is 0 Å². The Bertz CT molecular complexity index is 559. The van der Waals surface area contributed by atoms with Crippen LogP contribution in [0.4, 0.5) is 5.69 Å². The standard InChI is InChI=1S/C9H6N2O3/c10-9-7(11(12)13)5-6-3-1-2-4-8(6)14-9/h1-5,10H. The van der Waals surface area contributed by atoms with Crippen LogP contribution in [0, 0.1) is 15.5 Å². The maximum absolute atomic E-state index is 10.5. The van der Waals surface area contributed by atoms with Crippen LogP contribution in [-0.4, -0.2) is 4.92 Å². The van der Waals surface area contributed by atoms with E-state index in [9.17, 15) is 10.1 Å². The minimum absolute atomic E-state index is 0.316. The van der Waals surface area contributed by atoms with Gasteiger partial charge in [-0.05, 0) is 6.07 Å². The number of nitrogens with zero attached hydrogens (tertiary/aromatic N) is 1. The number of benzene rings is 1. The van der Waals surface area contributed by atoms with Crippen molar-refractivity contribution < 1.29 is 9.34 Å². The first-order chi connectivity index (χ1) is 6.68. The number of nitrogens with one attached hydrogen (secondary N) is 1. The van der Waals surface area contributed by atoms with Crippen LogP contribution in [-0.2, 0) is 0 Å². The quantitative estimate of drug-likeness (QED) is 0.550. The molecular weight excluding hydrogens is 184 g/mol. The molecule has 70 valence electrons. The number of nitro groups is 1. The average Bonchev–Trinajstić information content (AvgIpc) is 2.16. The van der Waals surface area contributed by atoms with E-state index in [0.717, 1.165) is 0 Å². The maximum atomic E-state index is 10.5. The van der Waals surface area contributed by atoms with E-state index in [1.165, 1.54) is 6.07 Å². The van der Waals surface area contributed by atoms with Gasteiger partial charge >= 0.3 is 5.69 Å². The summed E-state index contributed by atoms with van der Waals surface area (Å²) in [5, 5.41) is 18.4. The minimum atomic E-state index is -0.627. The fourth-order valence-electron chi connectivity index (χ4n) is 1.20. The van der Waals surface area contributed by atoms with Gasteiger partial charge in [0.2, 0.25) is 0 Å². The second-order valence-electron chi connectivity index (χ2n) is 2.76. The Morgan fingerprint density at radius 2 is 2.07 bits per heavy atom. The fraction of sp³-hybridized carbons (Fsp3) is 0. The Morgan fingerprint density at radius 1 is 1.36 bits per heavy atom. The second-order valence-corrected chi connectivity index (χ2v) is 2.76. The van der Waals surface area contributed by atoms with E-state index in [-0.39, 0.29) is 5.69 Å². The minimum Gasteiger partial charge on any atom is -0.433 e. The molecule has 1 aromatic heterocycles. The first-order valence-electron chi connectivity index (χ1n) is 3.90. The number of rotatable bonds is 1. The highest BCUT2D eigenvalue weighted by Crippen LogP contribution is 2.15. The Labute approximate surface area is 78.3 Å². The molecule has 0 aliphatic carbocycles. The topological polar surface area (TPSA) is 80.1 Å². The highest BCUT2D eigenvalue weighted by molar-refractivity contribution is 5.77. The summed E-state index contributed by atoms with van der Waals surface area (Å²) < 4.78 is 4.98. The predicted octanol–water partition coefficient (Wildman–Crippen LogP) is 1.82. The molecule has 0 amide bonds. The van der Waals surface area contributed by atoms with Gasteiger partial charge in [0.15, 0.2) is 0 Å². The van der Waals surface area contributed by atoms with Crippen LogP contribution >= 0.6 is 0 Å². The van der Waals surface area contributed by atoms with Gasteiger partial charge in [-0.15, -0.1) is 0 Å². The molecule has 0 fully saturated rings. The van der Waals surface area contributed by atoms with Gasteiger partial charge in [0.05, 0.1) is 4.92 Å². The van der Waals surface area contributed by atoms with Gasteiger partial charge in [-0.2, -0.15) is 0 Å². The zero-order chi connectivity index (χ0) is 10.1. The lowest BCUT2D eigenvalue weighted by atomic mass is 10.2. The van der Waals surface area contributed by atoms with Gasteiger partial charge < -0.3 is 4.42 Å². The first kappa shape index (κ1) is 8.43. The van der Waals surface area contributed by atoms with Crippen LogP contribution in [0.5, 0.6) is 0 Å². The summed E-state index contributed by atoms with van der Waals surface area (Å²) in [6.07, 6.45) is 0. The summed E-state index contributed by atoms with van der Waals surface area (Å²) in [5.41, 5.74) is -0.263. The fourth-order valence-corrected chi connectivity index (χ4v) is 1.20. The number of hydrogen-bond acceptors (Lipinski definition) is 4. The van der Waals surface area contributed by atoms with E-state index in [1.807, 2.05) is 0 Å². The molecule has 5 heteroatoms. The van der Waals surface area contributed by atoms with Crippen LogP contribution < -0.4 is 5.55 Å². The Kier molecular flexibility index (Phi) is 1.78. The average molecular weight is 190 g/mol. The normalized spacial score (nSPS) is 10.3. The molecule has 2 aromatic rings. The van der Waals surface area contributed by atoms with Crippen molar-refractivity contribution in [2.45, 2.75) is 0 Å². The van der Waals surface area contributed by atoms with E-state index in [1.54, 1.807) is 24.3 Å². The largest absolute Gasteiger partial charge is 0.433 e. The molecule has 0 atom stereocenters. The first-order valence-corrected chi connectivity index (χ1v) is 3.90. The summed E-state index contributed by atoms with van der Waals surface area (Å²) in [6.45, 7) is 0. The van der Waals surface area contributed by atoms with Crippen LogP contribution in [0.3, 0.4) is 0 Å². The molecule has 2 rings (SSSR count). The second kappa shape index (κ2) is 2.95. The highest BCUT2D eigenvalue weighted by atomic mass is 16.6. The third kappa shape index (κ3) is 1.24. The molecule has 0 aliphatic heterocycles.